The van der Waals surface area contributed by atoms with Crippen LogP contribution in [0.25, 0.3) is 0 Å². The van der Waals surface area contributed by atoms with E-state index in [0.29, 0.717) is 11.7 Å². The first-order valence-corrected chi connectivity index (χ1v) is 8.69. The Balaban J connectivity index is 1.75. The topological polar surface area (TPSA) is 61.4 Å². The summed E-state index contributed by atoms with van der Waals surface area (Å²) in [4.78, 5) is 11.8. The molecular formula is C15H21ClN2O2S. The molecule has 1 aromatic rings. The maximum atomic E-state index is 11.8. The Morgan fingerprint density at radius 2 is 2.33 bits per heavy atom. The van der Waals surface area contributed by atoms with E-state index in [4.69, 9.17) is 11.6 Å². The summed E-state index contributed by atoms with van der Waals surface area (Å²) in [6, 6.07) is 7.65. The predicted molar refractivity (Wildman–Crippen MR) is 88.1 cm³/mol. The fraction of sp³-hybridized carbons (Fsp3) is 0.533. The molecule has 3 atom stereocenters. The standard InChI is InChI=1S/C15H21ClN2O2S/c1-15(20,9-21-2)8-17-14(19)18-13-7-12(13)10-4-3-5-11(16)6-10/h3-6,12-13,20H,7-9H2,1-2H3,(H2,17,18,19). The van der Waals surface area contributed by atoms with Crippen molar-refractivity contribution in [2.75, 3.05) is 18.6 Å². The van der Waals surface area contributed by atoms with Crippen molar-refractivity contribution in [1.29, 1.82) is 0 Å². The van der Waals surface area contributed by atoms with Crippen LogP contribution >= 0.6 is 23.4 Å². The van der Waals surface area contributed by atoms with Gasteiger partial charge in [0.1, 0.15) is 0 Å². The van der Waals surface area contributed by atoms with E-state index in [0.717, 1.165) is 17.0 Å². The van der Waals surface area contributed by atoms with Crippen molar-refractivity contribution in [3.63, 3.8) is 0 Å². The lowest BCUT2D eigenvalue weighted by Crippen LogP contribution is -2.46. The molecule has 0 aliphatic heterocycles. The molecule has 6 heteroatoms. The summed E-state index contributed by atoms with van der Waals surface area (Å²) in [5, 5.41) is 16.4. The molecule has 116 valence electrons. The number of hydrogen-bond acceptors (Lipinski definition) is 3. The van der Waals surface area contributed by atoms with E-state index in [-0.39, 0.29) is 18.6 Å². The van der Waals surface area contributed by atoms with Gasteiger partial charge in [-0.05, 0) is 37.3 Å². The largest absolute Gasteiger partial charge is 0.387 e. The van der Waals surface area contributed by atoms with Gasteiger partial charge in [0.15, 0.2) is 0 Å². The Kier molecular flexibility index (Phi) is 5.41. The minimum atomic E-state index is -0.882. The number of urea groups is 1. The lowest BCUT2D eigenvalue weighted by atomic mass is 10.1. The van der Waals surface area contributed by atoms with Crippen LogP contribution in [0.15, 0.2) is 24.3 Å². The van der Waals surface area contributed by atoms with Gasteiger partial charge in [0.25, 0.3) is 0 Å². The third-order valence-electron chi connectivity index (χ3n) is 3.47. The summed E-state index contributed by atoms with van der Waals surface area (Å²) in [5.41, 5.74) is 0.273. The van der Waals surface area contributed by atoms with Crippen molar-refractivity contribution in [2.45, 2.75) is 30.9 Å². The van der Waals surface area contributed by atoms with Gasteiger partial charge >= 0.3 is 6.03 Å². The maximum Gasteiger partial charge on any atom is 0.315 e. The van der Waals surface area contributed by atoms with Gasteiger partial charge < -0.3 is 15.7 Å². The number of thioether (sulfide) groups is 1. The molecule has 3 N–H and O–H groups in total. The molecule has 4 nitrogen and oxygen atoms in total. The Labute approximate surface area is 134 Å². The normalized spacial score (nSPS) is 23.2. The number of hydrogen-bond donors (Lipinski definition) is 3. The third-order valence-corrected chi connectivity index (χ3v) is 4.61. The highest BCUT2D eigenvalue weighted by atomic mass is 35.5. The minimum Gasteiger partial charge on any atom is -0.387 e. The van der Waals surface area contributed by atoms with Crippen molar-refractivity contribution < 1.29 is 9.90 Å². The van der Waals surface area contributed by atoms with Gasteiger partial charge in [-0.1, -0.05) is 23.7 Å². The number of nitrogens with one attached hydrogen (secondary N) is 2. The quantitative estimate of drug-likeness (QED) is 0.752. The Morgan fingerprint density at radius 3 is 3.00 bits per heavy atom. The number of carbonyl (C=O) groups excluding carboxylic acids is 1. The first kappa shape index (κ1) is 16.5. The van der Waals surface area contributed by atoms with E-state index in [2.05, 4.69) is 10.6 Å². The second-order valence-electron chi connectivity index (χ2n) is 5.76. The molecule has 1 aliphatic carbocycles. The molecule has 2 rings (SSSR count). The Hall–Kier alpha value is -0.910. The second-order valence-corrected chi connectivity index (χ2v) is 7.06. The fourth-order valence-electron chi connectivity index (χ4n) is 2.31. The van der Waals surface area contributed by atoms with Crippen molar-refractivity contribution >= 4 is 29.4 Å². The molecule has 0 saturated heterocycles. The van der Waals surface area contributed by atoms with Crippen LogP contribution in [0.3, 0.4) is 0 Å². The molecular weight excluding hydrogens is 308 g/mol. The van der Waals surface area contributed by atoms with Gasteiger partial charge in [-0.3, -0.25) is 0 Å². The van der Waals surface area contributed by atoms with Crippen molar-refractivity contribution in [1.82, 2.24) is 10.6 Å². The molecule has 0 spiro atoms. The van der Waals surface area contributed by atoms with Crippen LogP contribution in [-0.4, -0.2) is 41.3 Å². The predicted octanol–water partition coefficient (Wildman–Crippen LogP) is 2.61. The molecule has 1 saturated carbocycles. The molecule has 3 unspecified atom stereocenters. The van der Waals surface area contributed by atoms with Crippen LogP contribution in [0.4, 0.5) is 4.79 Å². The zero-order valence-electron chi connectivity index (χ0n) is 12.2. The number of rotatable bonds is 6. The zero-order chi connectivity index (χ0) is 15.5. The highest BCUT2D eigenvalue weighted by Crippen LogP contribution is 2.41. The van der Waals surface area contributed by atoms with Crippen LogP contribution in [0.1, 0.15) is 24.8 Å². The highest BCUT2D eigenvalue weighted by molar-refractivity contribution is 7.98. The van der Waals surface area contributed by atoms with E-state index in [1.165, 1.54) is 0 Å². The van der Waals surface area contributed by atoms with E-state index in [1.807, 2.05) is 30.5 Å². The van der Waals surface area contributed by atoms with Crippen molar-refractivity contribution in [3.8, 4) is 0 Å². The minimum absolute atomic E-state index is 0.147. The third kappa shape index (κ3) is 5.09. The highest BCUT2D eigenvalue weighted by Gasteiger charge is 2.39. The van der Waals surface area contributed by atoms with Crippen molar-refractivity contribution in [2.24, 2.45) is 0 Å². The SMILES string of the molecule is CSCC(C)(O)CNC(=O)NC1CC1c1cccc(Cl)c1. The first-order chi connectivity index (χ1) is 9.91. The molecule has 0 aromatic heterocycles. The van der Waals surface area contributed by atoms with Gasteiger partial charge in [0.05, 0.1) is 5.60 Å². The van der Waals surface area contributed by atoms with E-state index in [9.17, 15) is 9.90 Å². The zero-order valence-corrected chi connectivity index (χ0v) is 13.8. The number of carbonyl (C=O) groups is 1. The Morgan fingerprint density at radius 1 is 1.57 bits per heavy atom. The molecule has 0 heterocycles. The summed E-state index contributed by atoms with van der Waals surface area (Å²) in [6.45, 7) is 1.96. The number of halogens is 1. The molecule has 0 radical (unpaired) electrons. The average Bonchev–Trinajstić information content (AvgIpc) is 3.16. The summed E-state index contributed by atoms with van der Waals surface area (Å²) < 4.78 is 0. The van der Waals surface area contributed by atoms with Crippen LogP contribution < -0.4 is 10.6 Å². The van der Waals surface area contributed by atoms with Gasteiger partial charge in [-0.15, -0.1) is 0 Å². The van der Waals surface area contributed by atoms with E-state index in [1.54, 1.807) is 18.7 Å². The van der Waals surface area contributed by atoms with Gasteiger partial charge in [0.2, 0.25) is 0 Å². The van der Waals surface area contributed by atoms with Crippen LogP contribution in [0, 0.1) is 0 Å². The molecule has 1 aliphatic rings. The number of benzene rings is 1. The smallest absolute Gasteiger partial charge is 0.315 e. The number of amides is 2. The first-order valence-electron chi connectivity index (χ1n) is 6.92. The van der Waals surface area contributed by atoms with Gasteiger partial charge in [-0.2, -0.15) is 11.8 Å². The molecule has 0 bridgehead atoms. The lowest BCUT2D eigenvalue weighted by molar-refractivity contribution is 0.0869. The van der Waals surface area contributed by atoms with Crippen molar-refractivity contribution in [3.05, 3.63) is 34.9 Å². The molecule has 1 aromatic carbocycles. The summed E-state index contributed by atoms with van der Waals surface area (Å²) >= 11 is 7.52. The number of aliphatic hydroxyl groups is 1. The maximum absolute atomic E-state index is 11.8. The van der Waals surface area contributed by atoms with Gasteiger partial charge in [0, 0.05) is 29.3 Å². The van der Waals surface area contributed by atoms with Gasteiger partial charge in [-0.25, -0.2) is 4.79 Å². The van der Waals surface area contributed by atoms with E-state index >= 15 is 0 Å². The molecule has 1 fully saturated rings. The lowest BCUT2D eigenvalue weighted by Gasteiger charge is -2.22. The summed E-state index contributed by atoms with van der Waals surface area (Å²) in [6.07, 6.45) is 2.85. The van der Waals surface area contributed by atoms with E-state index < -0.39 is 5.60 Å². The average molecular weight is 329 g/mol. The molecule has 21 heavy (non-hydrogen) atoms. The van der Waals surface area contributed by atoms with Crippen LogP contribution in [-0.2, 0) is 0 Å². The van der Waals surface area contributed by atoms with Crippen LogP contribution in [0.2, 0.25) is 5.02 Å². The molecule has 2 amide bonds. The Bertz CT molecular complexity index is 510. The fourth-order valence-corrected chi connectivity index (χ4v) is 3.23. The second kappa shape index (κ2) is 6.90. The van der Waals surface area contributed by atoms with Crippen LogP contribution in [0.5, 0.6) is 0 Å². The monoisotopic (exact) mass is 328 g/mol. The summed E-state index contributed by atoms with van der Waals surface area (Å²) in [7, 11) is 0. The summed E-state index contributed by atoms with van der Waals surface area (Å²) in [5.74, 6) is 0.920.